The van der Waals surface area contributed by atoms with Crippen molar-refractivity contribution in [1.82, 2.24) is 20.1 Å². The Morgan fingerprint density at radius 1 is 1.26 bits per heavy atom. The highest BCUT2D eigenvalue weighted by Crippen LogP contribution is 2.40. The molecule has 0 saturated heterocycles. The number of pyridine rings is 1. The second kappa shape index (κ2) is 6.60. The maximum absolute atomic E-state index is 11.9. The van der Waals surface area contributed by atoms with E-state index < -0.39 is 11.8 Å². The quantitative estimate of drug-likeness (QED) is 0.806. The average Bonchev–Trinajstić information content (AvgIpc) is 3.32. The van der Waals surface area contributed by atoms with Gasteiger partial charge in [-0.1, -0.05) is 0 Å². The summed E-state index contributed by atoms with van der Waals surface area (Å²) in [5.74, 6) is -0.395. The zero-order valence-electron chi connectivity index (χ0n) is 13.0. The smallest absolute Gasteiger partial charge is 0.314 e. The first-order valence-corrected chi connectivity index (χ1v) is 7.65. The van der Waals surface area contributed by atoms with Gasteiger partial charge in [-0.2, -0.15) is 5.10 Å². The van der Waals surface area contributed by atoms with Gasteiger partial charge in [-0.15, -0.1) is 0 Å². The van der Waals surface area contributed by atoms with Gasteiger partial charge >= 0.3 is 11.8 Å². The van der Waals surface area contributed by atoms with E-state index in [1.54, 1.807) is 17.1 Å². The molecular formula is C16H19N5O2. The van der Waals surface area contributed by atoms with Gasteiger partial charge < -0.3 is 10.6 Å². The molecule has 2 aromatic heterocycles. The highest BCUT2D eigenvalue weighted by molar-refractivity contribution is 6.39. The minimum absolute atomic E-state index is 0.395. The van der Waals surface area contributed by atoms with Gasteiger partial charge in [-0.25, -0.2) is 0 Å². The molecule has 0 aromatic carbocycles. The molecule has 1 saturated carbocycles. The van der Waals surface area contributed by atoms with Gasteiger partial charge in [0.25, 0.3) is 0 Å². The summed E-state index contributed by atoms with van der Waals surface area (Å²) < 4.78 is 1.76. The number of hydrogen-bond donors (Lipinski definition) is 2. The Morgan fingerprint density at radius 3 is 2.70 bits per heavy atom. The van der Waals surface area contributed by atoms with Crippen molar-refractivity contribution in [3.63, 3.8) is 0 Å². The second-order valence-corrected chi connectivity index (χ2v) is 5.67. The largest absolute Gasteiger partial charge is 0.347 e. The summed E-state index contributed by atoms with van der Waals surface area (Å²) in [5, 5.41) is 9.36. The van der Waals surface area contributed by atoms with E-state index in [0.717, 1.165) is 24.1 Å². The van der Waals surface area contributed by atoms with Crippen LogP contribution in [0.5, 0.6) is 0 Å². The number of rotatable bonds is 5. The fourth-order valence-corrected chi connectivity index (χ4v) is 2.43. The summed E-state index contributed by atoms with van der Waals surface area (Å²) >= 11 is 0. The minimum Gasteiger partial charge on any atom is -0.347 e. The molecule has 0 bridgehead atoms. The van der Waals surface area contributed by atoms with Gasteiger partial charge in [0.2, 0.25) is 0 Å². The summed E-state index contributed by atoms with van der Waals surface area (Å²) in [6.45, 7) is 0.395. The molecule has 3 rings (SSSR count). The highest BCUT2D eigenvalue weighted by Gasteiger charge is 2.27. The van der Waals surface area contributed by atoms with Crippen LogP contribution in [-0.2, 0) is 23.1 Å². The molecule has 0 aliphatic heterocycles. The van der Waals surface area contributed by atoms with Gasteiger partial charge in [0.05, 0.1) is 0 Å². The third kappa shape index (κ3) is 3.94. The maximum Gasteiger partial charge on any atom is 0.314 e. The third-order valence-corrected chi connectivity index (χ3v) is 3.81. The van der Waals surface area contributed by atoms with Gasteiger partial charge in [0.1, 0.15) is 0 Å². The van der Waals surface area contributed by atoms with Crippen molar-refractivity contribution < 1.29 is 9.59 Å². The zero-order chi connectivity index (χ0) is 16.2. The Bertz CT molecular complexity index is 707. The van der Waals surface area contributed by atoms with Crippen LogP contribution in [0.3, 0.4) is 0 Å². The fourth-order valence-electron chi connectivity index (χ4n) is 2.43. The van der Waals surface area contributed by atoms with Crippen LogP contribution in [0.4, 0.5) is 5.82 Å². The molecule has 0 unspecified atom stereocenters. The topological polar surface area (TPSA) is 88.9 Å². The summed E-state index contributed by atoms with van der Waals surface area (Å²) in [4.78, 5) is 27.6. The van der Waals surface area contributed by atoms with Gasteiger partial charge in [-0.3, -0.25) is 19.3 Å². The van der Waals surface area contributed by atoms with Crippen molar-refractivity contribution in [2.75, 3.05) is 11.9 Å². The van der Waals surface area contributed by atoms with Crippen LogP contribution < -0.4 is 10.6 Å². The number of aromatic nitrogens is 3. The number of nitrogens with zero attached hydrogens (tertiary/aromatic N) is 3. The number of aryl methyl sites for hydroxylation is 1. The molecule has 7 heteroatoms. The van der Waals surface area contributed by atoms with Crippen LogP contribution in [0.25, 0.3) is 0 Å². The van der Waals surface area contributed by atoms with E-state index in [1.807, 2.05) is 25.2 Å². The van der Waals surface area contributed by atoms with Crippen LogP contribution >= 0.6 is 0 Å². The Balaban J connectivity index is 1.47. The average molecular weight is 313 g/mol. The fraction of sp³-hybridized carbons (Fsp3) is 0.375. The normalized spacial score (nSPS) is 13.6. The van der Waals surface area contributed by atoms with E-state index in [-0.39, 0.29) is 0 Å². The van der Waals surface area contributed by atoms with Crippen molar-refractivity contribution >= 4 is 17.6 Å². The van der Waals surface area contributed by atoms with Crippen molar-refractivity contribution in [3.8, 4) is 0 Å². The molecule has 0 spiro atoms. The van der Waals surface area contributed by atoms with Crippen molar-refractivity contribution in [1.29, 1.82) is 0 Å². The monoisotopic (exact) mass is 313 g/mol. The van der Waals surface area contributed by atoms with E-state index in [0.29, 0.717) is 24.7 Å². The number of amides is 2. The number of nitrogens with one attached hydrogen (secondary N) is 2. The van der Waals surface area contributed by atoms with Crippen molar-refractivity contribution in [3.05, 3.63) is 41.9 Å². The summed E-state index contributed by atoms with van der Waals surface area (Å²) in [5.41, 5.74) is 2.15. The van der Waals surface area contributed by atoms with Crippen LogP contribution in [0, 0.1) is 0 Å². The molecule has 2 amide bonds. The molecule has 1 fully saturated rings. The maximum atomic E-state index is 11.9. The van der Waals surface area contributed by atoms with Crippen LogP contribution in [0.1, 0.15) is 30.0 Å². The minimum atomic E-state index is -0.694. The van der Waals surface area contributed by atoms with Crippen LogP contribution in [0.15, 0.2) is 30.6 Å². The lowest BCUT2D eigenvalue weighted by Gasteiger charge is -2.04. The van der Waals surface area contributed by atoms with E-state index in [4.69, 9.17) is 0 Å². The lowest BCUT2D eigenvalue weighted by atomic mass is 10.2. The van der Waals surface area contributed by atoms with Crippen LogP contribution in [0.2, 0.25) is 0 Å². The molecule has 1 aliphatic carbocycles. The van der Waals surface area contributed by atoms with Crippen molar-refractivity contribution in [2.24, 2.45) is 7.05 Å². The number of anilines is 1. The summed E-state index contributed by atoms with van der Waals surface area (Å²) in [6.07, 6.45) is 6.35. The summed E-state index contributed by atoms with van der Waals surface area (Å²) in [6, 6.07) is 5.58. The molecule has 23 heavy (non-hydrogen) atoms. The SMILES string of the molecule is Cn1nc(NC(=O)C(=O)NCCc2ccncc2)cc1C1CC1. The standard InChI is InChI=1S/C16H19N5O2/c1-21-13(12-2-3-12)10-14(20-21)19-16(23)15(22)18-9-6-11-4-7-17-8-5-11/h4-5,7-8,10,12H,2-3,6,9H2,1H3,(H,18,22)(H,19,20,23). The van der Waals surface area contributed by atoms with E-state index >= 15 is 0 Å². The van der Waals surface area contributed by atoms with E-state index in [9.17, 15) is 9.59 Å². The number of carbonyl (C=O) groups excluding carboxylic acids is 2. The predicted molar refractivity (Wildman–Crippen MR) is 84.8 cm³/mol. The van der Waals surface area contributed by atoms with Crippen molar-refractivity contribution in [2.45, 2.75) is 25.2 Å². The first-order chi connectivity index (χ1) is 11.1. The molecule has 1 aliphatic rings. The molecule has 0 atom stereocenters. The van der Waals surface area contributed by atoms with Gasteiger partial charge in [0, 0.05) is 43.7 Å². The number of carbonyl (C=O) groups is 2. The molecule has 120 valence electrons. The lowest BCUT2D eigenvalue weighted by molar-refractivity contribution is -0.136. The Kier molecular flexibility index (Phi) is 4.36. The molecule has 2 aromatic rings. The highest BCUT2D eigenvalue weighted by atomic mass is 16.2. The molecular weight excluding hydrogens is 294 g/mol. The molecule has 7 nitrogen and oxygen atoms in total. The number of hydrogen-bond acceptors (Lipinski definition) is 4. The first kappa shape index (κ1) is 15.2. The van der Waals surface area contributed by atoms with Crippen LogP contribution in [-0.4, -0.2) is 33.1 Å². The zero-order valence-corrected chi connectivity index (χ0v) is 13.0. The summed E-state index contributed by atoms with van der Waals surface area (Å²) in [7, 11) is 1.85. The second-order valence-electron chi connectivity index (χ2n) is 5.67. The third-order valence-electron chi connectivity index (χ3n) is 3.81. The molecule has 0 radical (unpaired) electrons. The molecule has 2 heterocycles. The Labute approximate surface area is 134 Å². The Morgan fingerprint density at radius 2 is 2.00 bits per heavy atom. The predicted octanol–water partition coefficient (Wildman–Crippen LogP) is 0.990. The van der Waals surface area contributed by atoms with Gasteiger partial charge in [-0.05, 0) is 37.0 Å². The van der Waals surface area contributed by atoms with E-state index in [2.05, 4.69) is 20.7 Å². The van der Waals surface area contributed by atoms with E-state index in [1.165, 1.54) is 0 Å². The first-order valence-electron chi connectivity index (χ1n) is 7.65. The molecule has 2 N–H and O–H groups in total. The lowest BCUT2D eigenvalue weighted by Crippen LogP contribution is -2.36. The Hall–Kier alpha value is -2.70. The van der Waals surface area contributed by atoms with Gasteiger partial charge in [0.15, 0.2) is 5.82 Å².